The highest BCUT2D eigenvalue weighted by Crippen LogP contribution is 2.23. The van der Waals surface area contributed by atoms with Crippen molar-refractivity contribution in [3.8, 4) is 11.3 Å². The van der Waals surface area contributed by atoms with Gasteiger partial charge in [0.15, 0.2) is 11.7 Å². The average Bonchev–Trinajstić information content (AvgIpc) is 3.11. The van der Waals surface area contributed by atoms with Crippen molar-refractivity contribution in [2.24, 2.45) is 5.92 Å². The van der Waals surface area contributed by atoms with Crippen LogP contribution in [0.1, 0.15) is 50.8 Å². The van der Waals surface area contributed by atoms with Crippen LogP contribution in [0.2, 0.25) is 0 Å². The second kappa shape index (κ2) is 8.67. The fourth-order valence-electron chi connectivity index (χ4n) is 3.30. The van der Waals surface area contributed by atoms with Gasteiger partial charge in [0.1, 0.15) is 0 Å². The topological polar surface area (TPSA) is 55.1 Å². The summed E-state index contributed by atoms with van der Waals surface area (Å²) in [7, 11) is 0. The Morgan fingerprint density at radius 3 is 2.75 bits per heavy atom. The summed E-state index contributed by atoms with van der Waals surface area (Å²) < 4.78 is 5.76. The molecule has 24 heavy (non-hydrogen) atoms. The Balaban J connectivity index is 1.37. The van der Waals surface area contributed by atoms with Crippen molar-refractivity contribution < 1.29 is 9.21 Å². The van der Waals surface area contributed by atoms with Gasteiger partial charge in [-0.15, -0.1) is 0 Å². The maximum atomic E-state index is 11.9. The third kappa shape index (κ3) is 4.95. The number of carbonyl (C=O) groups excluding carboxylic acids is 1. The number of nitrogens with one attached hydrogen (secondary N) is 1. The SMILES string of the molecule is O=C(CCCc1ncc(-c2ccccc2)o1)NCC1CCCCC1. The number of aryl methyl sites for hydroxylation is 1. The minimum Gasteiger partial charge on any atom is -0.441 e. The summed E-state index contributed by atoms with van der Waals surface area (Å²) >= 11 is 0. The zero-order valence-corrected chi connectivity index (χ0v) is 14.2. The van der Waals surface area contributed by atoms with E-state index in [1.54, 1.807) is 6.20 Å². The first-order valence-electron chi connectivity index (χ1n) is 9.08. The molecule has 1 aromatic heterocycles. The van der Waals surface area contributed by atoms with Crippen molar-refractivity contribution in [1.82, 2.24) is 10.3 Å². The Morgan fingerprint density at radius 1 is 1.17 bits per heavy atom. The van der Waals surface area contributed by atoms with Crippen molar-refractivity contribution in [3.05, 3.63) is 42.4 Å². The molecule has 4 heteroatoms. The first-order chi connectivity index (χ1) is 11.8. The average molecular weight is 326 g/mol. The van der Waals surface area contributed by atoms with E-state index in [1.165, 1.54) is 32.1 Å². The molecular formula is C20H26N2O2. The molecule has 0 aliphatic heterocycles. The number of aromatic nitrogens is 1. The van der Waals surface area contributed by atoms with E-state index in [4.69, 9.17) is 4.42 Å². The Hall–Kier alpha value is -2.10. The first-order valence-corrected chi connectivity index (χ1v) is 9.08. The monoisotopic (exact) mass is 326 g/mol. The molecule has 128 valence electrons. The number of nitrogens with zero attached hydrogens (tertiary/aromatic N) is 1. The van der Waals surface area contributed by atoms with E-state index in [-0.39, 0.29) is 5.91 Å². The van der Waals surface area contributed by atoms with Gasteiger partial charge >= 0.3 is 0 Å². The first kappa shape index (κ1) is 16.7. The van der Waals surface area contributed by atoms with Gasteiger partial charge in [-0.3, -0.25) is 4.79 Å². The van der Waals surface area contributed by atoms with Crippen molar-refractivity contribution in [1.29, 1.82) is 0 Å². The van der Waals surface area contributed by atoms with Gasteiger partial charge in [-0.1, -0.05) is 49.6 Å². The number of hydrogen-bond acceptors (Lipinski definition) is 3. The molecule has 0 spiro atoms. The van der Waals surface area contributed by atoms with Gasteiger partial charge in [0.25, 0.3) is 0 Å². The van der Waals surface area contributed by atoms with Gasteiger partial charge in [0, 0.05) is 24.9 Å². The Labute approximate surface area is 143 Å². The molecule has 1 fully saturated rings. The van der Waals surface area contributed by atoms with Crippen molar-refractivity contribution in [2.45, 2.75) is 51.4 Å². The molecule has 0 bridgehead atoms. The van der Waals surface area contributed by atoms with E-state index in [1.807, 2.05) is 30.3 Å². The summed E-state index contributed by atoms with van der Waals surface area (Å²) in [6.07, 6.45) is 10.3. The minimum atomic E-state index is 0.149. The molecule has 1 aliphatic carbocycles. The van der Waals surface area contributed by atoms with Crippen LogP contribution in [0.25, 0.3) is 11.3 Å². The largest absolute Gasteiger partial charge is 0.441 e. The quantitative estimate of drug-likeness (QED) is 0.822. The fourth-order valence-corrected chi connectivity index (χ4v) is 3.30. The zero-order valence-electron chi connectivity index (χ0n) is 14.2. The molecule has 1 heterocycles. The molecule has 1 saturated carbocycles. The molecular weight excluding hydrogens is 300 g/mol. The van der Waals surface area contributed by atoms with Gasteiger partial charge in [0.2, 0.25) is 5.91 Å². The number of rotatable bonds is 7. The van der Waals surface area contributed by atoms with Crippen LogP contribution in [-0.2, 0) is 11.2 Å². The predicted octanol–water partition coefficient (Wildman–Crippen LogP) is 4.36. The van der Waals surface area contributed by atoms with Gasteiger partial charge < -0.3 is 9.73 Å². The van der Waals surface area contributed by atoms with Crippen LogP contribution in [-0.4, -0.2) is 17.4 Å². The Kier molecular flexibility index (Phi) is 6.05. The summed E-state index contributed by atoms with van der Waals surface area (Å²) in [4.78, 5) is 16.3. The molecule has 1 N–H and O–H groups in total. The minimum absolute atomic E-state index is 0.149. The smallest absolute Gasteiger partial charge is 0.220 e. The third-order valence-electron chi connectivity index (χ3n) is 4.72. The second-order valence-corrected chi connectivity index (χ2v) is 6.65. The Morgan fingerprint density at radius 2 is 1.96 bits per heavy atom. The lowest BCUT2D eigenvalue weighted by molar-refractivity contribution is -0.121. The van der Waals surface area contributed by atoms with Crippen molar-refractivity contribution in [3.63, 3.8) is 0 Å². The molecule has 0 radical (unpaired) electrons. The summed E-state index contributed by atoms with van der Waals surface area (Å²) in [5.74, 6) is 2.32. The van der Waals surface area contributed by atoms with E-state index in [0.717, 1.165) is 24.3 Å². The Bertz CT molecular complexity index is 630. The van der Waals surface area contributed by atoms with E-state index in [2.05, 4.69) is 10.3 Å². The summed E-state index contributed by atoms with van der Waals surface area (Å²) in [5, 5.41) is 3.08. The molecule has 4 nitrogen and oxygen atoms in total. The highest BCUT2D eigenvalue weighted by molar-refractivity contribution is 5.75. The van der Waals surface area contributed by atoms with E-state index in [0.29, 0.717) is 24.7 Å². The molecule has 0 atom stereocenters. The fraction of sp³-hybridized carbons (Fsp3) is 0.500. The van der Waals surface area contributed by atoms with Gasteiger partial charge in [0.05, 0.1) is 6.20 Å². The van der Waals surface area contributed by atoms with Crippen molar-refractivity contribution >= 4 is 5.91 Å². The summed E-state index contributed by atoms with van der Waals surface area (Å²) in [6.45, 7) is 0.843. The van der Waals surface area contributed by atoms with Crippen molar-refractivity contribution in [2.75, 3.05) is 6.54 Å². The predicted molar refractivity (Wildman–Crippen MR) is 94.5 cm³/mol. The van der Waals surface area contributed by atoms with Crippen LogP contribution < -0.4 is 5.32 Å². The van der Waals surface area contributed by atoms with Crippen LogP contribution >= 0.6 is 0 Å². The van der Waals surface area contributed by atoms with Gasteiger partial charge in [-0.25, -0.2) is 4.98 Å². The highest BCUT2D eigenvalue weighted by Gasteiger charge is 2.14. The number of oxazole rings is 1. The summed E-state index contributed by atoms with van der Waals surface area (Å²) in [5.41, 5.74) is 1.03. The maximum Gasteiger partial charge on any atom is 0.220 e. The summed E-state index contributed by atoms with van der Waals surface area (Å²) in [6, 6.07) is 9.95. The molecule has 0 unspecified atom stereocenters. The van der Waals surface area contributed by atoms with Crippen LogP contribution in [0.15, 0.2) is 40.9 Å². The molecule has 1 aromatic carbocycles. The number of amides is 1. The molecule has 2 aromatic rings. The van der Waals surface area contributed by atoms with E-state index in [9.17, 15) is 4.79 Å². The lowest BCUT2D eigenvalue weighted by atomic mass is 9.89. The number of benzene rings is 1. The number of hydrogen-bond donors (Lipinski definition) is 1. The van der Waals surface area contributed by atoms with Crippen LogP contribution in [0.3, 0.4) is 0 Å². The normalized spacial score (nSPS) is 15.3. The molecule has 1 aliphatic rings. The second-order valence-electron chi connectivity index (χ2n) is 6.65. The van der Waals surface area contributed by atoms with Gasteiger partial charge in [-0.2, -0.15) is 0 Å². The van der Waals surface area contributed by atoms with Crippen LogP contribution in [0, 0.1) is 5.92 Å². The maximum absolute atomic E-state index is 11.9. The van der Waals surface area contributed by atoms with E-state index < -0.39 is 0 Å². The molecule has 3 rings (SSSR count). The van der Waals surface area contributed by atoms with Crippen LogP contribution in [0.5, 0.6) is 0 Å². The van der Waals surface area contributed by atoms with Crippen LogP contribution in [0.4, 0.5) is 0 Å². The number of carbonyl (C=O) groups is 1. The highest BCUT2D eigenvalue weighted by atomic mass is 16.4. The zero-order chi connectivity index (χ0) is 16.6. The lowest BCUT2D eigenvalue weighted by Crippen LogP contribution is -2.30. The standard InChI is InChI=1S/C20H26N2O2/c23-19(21-14-16-8-3-1-4-9-16)12-7-13-20-22-15-18(24-20)17-10-5-2-6-11-17/h2,5-6,10-11,15-16H,1,3-4,7-9,12-14H2,(H,21,23). The molecule has 1 amide bonds. The third-order valence-corrected chi connectivity index (χ3v) is 4.72. The molecule has 0 saturated heterocycles. The lowest BCUT2D eigenvalue weighted by Gasteiger charge is -2.21. The van der Waals surface area contributed by atoms with Gasteiger partial charge in [-0.05, 0) is 25.2 Å². The van der Waals surface area contributed by atoms with E-state index >= 15 is 0 Å².